The minimum atomic E-state index is 0.149. The molecule has 2 rings (SSSR count). The van der Waals surface area contributed by atoms with Gasteiger partial charge in [-0.05, 0) is 43.9 Å². The number of amides is 1. The van der Waals surface area contributed by atoms with Crippen LogP contribution in [0.3, 0.4) is 0 Å². The molecule has 0 aromatic rings. The van der Waals surface area contributed by atoms with Crippen molar-refractivity contribution in [1.29, 1.82) is 0 Å². The van der Waals surface area contributed by atoms with Gasteiger partial charge >= 0.3 is 0 Å². The molecule has 110 valence electrons. The molecule has 0 heterocycles. The minimum Gasteiger partial charge on any atom is -0.396 e. The lowest BCUT2D eigenvalue weighted by atomic mass is 9.68. The molecule has 0 aliphatic heterocycles. The monoisotopic (exact) mass is 267 g/mol. The first-order valence-corrected chi connectivity index (χ1v) is 7.97. The van der Waals surface area contributed by atoms with E-state index >= 15 is 0 Å². The first-order chi connectivity index (χ1) is 9.06. The van der Waals surface area contributed by atoms with Crippen molar-refractivity contribution in [3.8, 4) is 0 Å². The molecule has 1 atom stereocenters. The van der Waals surface area contributed by atoms with Gasteiger partial charge in [0.25, 0.3) is 0 Å². The van der Waals surface area contributed by atoms with Gasteiger partial charge in [-0.2, -0.15) is 0 Å². The van der Waals surface area contributed by atoms with E-state index in [2.05, 4.69) is 18.7 Å². The first kappa shape index (κ1) is 14.8. The summed E-state index contributed by atoms with van der Waals surface area (Å²) in [5.74, 6) is 0.559. The summed E-state index contributed by atoms with van der Waals surface area (Å²) in [5.41, 5.74) is 0.149. The maximum Gasteiger partial charge on any atom is 0.226 e. The predicted octanol–water partition coefficient (Wildman–Crippen LogP) is 2.97. The van der Waals surface area contributed by atoms with Gasteiger partial charge in [0.2, 0.25) is 5.91 Å². The molecule has 2 saturated carbocycles. The number of carbonyl (C=O) groups excluding carboxylic acids is 1. The highest BCUT2D eigenvalue weighted by molar-refractivity contribution is 5.80. The molecule has 0 spiro atoms. The van der Waals surface area contributed by atoms with Crippen LogP contribution < -0.4 is 0 Å². The topological polar surface area (TPSA) is 40.5 Å². The van der Waals surface area contributed by atoms with Crippen molar-refractivity contribution >= 4 is 5.91 Å². The van der Waals surface area contributed by atoms with E-state index in [0.717, 1.165) is 32.2 Å². The number of aliphatic hydroxyl groups is 1. The van der Waals surface area contributed by atoms with E-state index in [1.807, 2.05) is 0 Å². The fraction of sp³-hybridized carbons (Fsp3) is 0.938. The van der Waals surface area contributed by atoms with E-state index in [9.17, 15) is 4.79 Å². The number of nitrogens with zero attached hydrogens (tertiary/aromatic N) is 1. The molecule has 3 nitrogen and oxygen atoms in total. The number of carbonyl (C=O) groups is 1. The summed E-state index contributed by atoms with van der Waals surface area (Å²) in [7, 11) is 0. The van der Waals surface area contributed by atoms with Gasteiger partial charge < -0.3 is 10.0 Å². The van der Waals surface area contributed by atoms with Gasteiger partial charge in [0.05, 0.1) is 0 Å². The van der Waals surface area contributed by atoms with Crippen LogP contribution in [0.1, 0.15) is 65.2 Å². The van der Waals surface area contributed by atoms with Crippen LogP contribution >= 0.6 is 0 Å². The number of aliphatic hydroxyl groups excluding tert-OH is 1. The molecule has 1 N–H and O–H groups in total. The van der Waals surface area contributed by atoms with Crippen molar-refractivity contribution in [2.45, 2.75) is 71.3 Å². The summed E-state index contributed by atoms with van der Waals surface area (Å²) < 4.78 is 0. The maximum atomic E-state index is 12.9. The quantitative estimate of drug-likeness (QED) is 0.832. The predicted molar refractivity (Wildman–Crippen MR) is 76.8 cm³/mol. The standard InChI is InChI=1S/C16H29NO2/c1-16(2)10-4-3-9-14(16)15(19)17(11-6-12-18)13-7-5-8-13/h13-14,18H,3-12H2,1-2H3. The summed E-state index contributed by atoms with van der Waals surface area (Å²) in [6.45, 7) is 5.43. The molecule has 19 heavy (non-hydrogen) atoms. The van der Waals surface area contributed by atoms with E-state index < -0.39 is 0 Å². The summed E-state index contributed by atoms with van der Waals surface area (Å²) in [6, 6.07) is 0.455. The second-order valence-electron chi connectivity index (χ2n) is 6.98. The Balaban J connectivity index is 2.04. The SMILES string of the molecule is CC1(C)CCCCC1C(=O)N(CCCO)C1CCC1. The van der Waals surface area contributed by atoms with Crippen LogP contribution in [-0.4, -0.2) is 35.1 Å². The Labute approximate surface area is 117 Å². The first-order valence-electron chi connectivity index (χ1n) is 7.97. The molecule has 0 bridgehead atoms. The van der Waals surface area contributed by atoms with E-state index in [4.69, 9.17) is 5.11 Å². The Morgan fingerprint density at radius 1 is 1.21 bits per heavy atom. The van der Waals surface area contributed by atoms with Crippen molar-refractivity contribution in [2.24, 2.45) is 11.3 Å². The van der Waals surface area contributed by atoms with Crippen molar-refractivity contribution in [3.05, 3.63) is 0 Å². The summed E-state index contributed by atoms with van der Waals surface area (Å²) >= 11 is 0. The van der Waals surface area contributed by atoms with Crippen LogP contribution in [0.5, 0.6) is 0 Å². The highest BCUT2D eigenvalue weighted by Gasteiger charge is 2.41. The Hall–Kier alpha value is -0.570. The molecule has 0 aromatic carbocycles. The summed E-state index contributed by atoms with van der Waals surface area (Å²) in [6.07, 6.45) is 8.96. The second-order valence-corrected chi connectivity index (χ2v) is 6.98. The highest BCUT2D eigenvalue weighted by Crippen LogP contribution is 2.42. The van der Waals surface area contributed by atoms with E-state index in [-0.39, 0.29) is 17.9 Å². The van der Waals surface area contributed by atoms with Crippen LogP contribution in [0.25, 0.3) is 0 Å². The van der Waals surface area contributed by atoms with Gasteiger partial charge in [0.15, 0.2) is 0 Å². The van der Waals surface area contributed by atoms with Crippen molar-refractivity contribution < 1.29 is 9.90 Å². The zero-order valence-electron chi connectivity index (χ0n) is 12.5. The molecular weight excluding hydrogens is 238 g/mol. The van der Waals surface area contributed by atoms with Gasteiger partial charge in [-0.15, -0.1) is 0 Å². The molecule has 2 aliphatic rings. The number of rotatable bonds is 5. The zero-order chi connectivity index (χ0) is 13.9. The maximum absolute atomic E-state index is 12.9. The third-order valence-corrected chi connectivity index (χ3v) is 5.16. The van der Waals surface area contributed by atoms with Crippen molar-refractivity contribution in [1.82, 2.24) is 4.90 Å². The lowest BCUT2D eigenvalue weighted by Gasteiger charge is -2.44. The molecule has 3 heteroatoms. The third-order valence-electron chi connectivity index (χ3n) is 5.16. The van der Waals surface area contributed by atoms with Crippen LogP contribution in [0, 0.1) is 11.3 Å². The average Bonchev–Trinajstić information content (AvgIpc) is 2.30. The Morgan fingerprint density at radius 3 is 2.47 bits per heavy atom. The Morgan fingerprint density at radius 2 is 1.95 bits per heavy atom. The minimum absolute atomic E-state index is 0.149. The third kappa shape index (κ3) is 3.31. The Kier molecular flexibility index (Phi) is 4.88. The molecule has 2 aliphatic carbocycles. The van der Waals surface area contributed by atoms with Gasteiger partial charge in [0.1, 0.15) is 0 Å². The summed E-state index contributed by atoms with van der Waals surface area (Å²) in [4.78, 5) is 15.0. The lowest BCUT2D eigenvalue weighted by molar-refractivity contribution is -0.145. The van der Waals surface area contributed by atoms with Gasteiger partial charge in [-0.3, -0.25) is 4.79 Å². The van der Waals surface area contributed by atoms with E-state index in [1.54, 1.807) is 0 Å². The zero-order valence-corrected chi connectivity index (χ0v) is 12.5. The van der Waals surface area contributed by atoms with E-state index in [0.29, 0.717) is 11.9 Å². The number of hydrogen-bond donors (Lipinski definition) is 1. The largest absolute Gasteiger partial charge is 0.396 e. The molecule has 0 saturated heterocycles. The second kappa shape index (κ2) is 6.25. The van der Waals surface area contributed by atoms with Crippen LogP contribution in [-0.2, 0) is 4.79 Å². The smallest absolute Gasteiger partial charge is 0.226 e. The molecular formula is C16H29NO2. The molecule has 0 radical (unpaired) electrons. The van der Waals surface area contributed by atoms with Crippen LogP contribution in [0.4, 0.5) is 0 Å². The average molecular weight is 267 g/mol. The molecule has 1 amide bonds. The fourth-order valence-electron chi connectivity index (χ4n) is 3.56. The van der Waals surface area contributed by atoms with Gasteiger partial charge in [-0.25, -0.2) is 0 Å². The van der Waals surface area contributed by atoms with Crippen LogP contribution in [0.15, 0.2) is 0 Å². The molecule has 1 unspecified atom stereocenters. The van der Waals surface area contributed by atoms with Gasteiger partial charge in [0, 0.05) is 25.1 Å². The van der Waals surface area contributed by atoms with Gasteiger partial charge in [-0.1, -0.05) is 26.7 Å². The van der Waals surface area contributed by atoms with E-state index in [1.165, 1.54) is 25.7 Å². The van der Waals surface area contributed by atoms with Crippen molar-refractivity contribution in [3.63, 3.8) is 0 Å². The fourth-order valence-corrected chi connectivity index (χ4v) is 3.56. The highest BCUT2D eigenvalue weighted by atomic mass is 16.3. The van der Waals surface area contributed by atoms with Crippen molar-refractivity contribution in [2.75, 3.05) is 13.2 Å². The Bertz CT molecular complexity index is 310. The molecule has 2 fully saturated rings. The van der Waals surface area contributed by atoms with Crippen LogP contribution in [0.2, 0.25) is 0 Å². The normalized spacial score (nSPS) is 26.8. The number of hydrogen-bond acceptors (Lipinski definition) is 2. The molecule has 0 aromatic heterocycles. The summed E-state index contributed by atoms with van der Waals surface area (Å²) in [5, 5.41) is 9.04. The lowest BCUT2D eigenvalue weighted by Crippen LogP contribution is -2.50.